The van der Waals surface area contributed by atoms with Crippen LogP contribution in [-0.4, -0.2) is 17.2 Å². The number of nitrogens with zero attached hydrogens (tertiary/aromatic N) is 1. The number of rotatable bonds is 3. The first-order chi connectivity index (χ1) is 12.2. The zero-order valence-corrected chi connectivity index (χ0v) is 14.7. The van der Waals surface area contributed by atoms with E-state index in [9.17, 15) is 4.79 Å². The first-order valence-electron chi connectivity index (χ1n) is 8.98. The lowest BCUT2D eigenvalue weighted by Gasteiger charge is -2.40. The molecule has 0 fully saturated rings. The van der Waals surface area contributed by atoms with Gasteiger partial charge in [0.1, 0.15) is 0 Å². The standard InChI is InChI=1S/C22H23NO2/c1-3-23-15(2)11-19(17-9-10-25-14-17)22-20(23)12-18(13-21(22)24)16-7-5-4-6-8-16/h4-11,14,18-19H,3,12-13H2,1-2H3. The average molecular weight is 333 g/mol. The highest BCUT2D eigenvalue weighted by atomic mass is 16.3. The fraction of sp³-hybridized carbons (Fsp3) is 0.318. The van der Waals surface area contributed by atoms with Gasteiger partial charge in [-0.2, -0.15) is 0 Å². The Morgan fingerprint density at radius 3 is 2.60 bits per heavy atom. The highest BCUT2D eigenvalue weighted by Gasteiger charge is 2.37. The van der Waals surface area contributed by atoms with Crippen LogP contribution in [0.4, 0.5) is 0 Å². The summed E-state index contributed by atoms with van der Waals surface area (Å²) in [5.41, 5.74) is 5.69. The SMILES string of the molecule is CCN1C(C)=CC(c2ccoc2)C2=C1CC(c1ccccc1)CC2=O. The van der Waals surface area contributed by atoms with Crippen molar-refractivity contribution in [1.82, 2.24) is 4.90 Å². The van der Waals surface area contributed by atoms with Gasteiger partial charge < -0.3 is 9.32 Å². The Morgan fingerprint density at radius 1 is 1.12 bits per heavy atom. The molecule has 0 saturated heterocycles. The number of hydrogen-bond donors (Lipinski definition) is 0. The number of carbonyl (C=O) groups excluding carboxylic acids is 1. The molecule has 2 atom stereocenters. The summed E-state index contributed by atoms with van der Waals surface area (Å²) < 4.78 is 5.28. The summed E-state index contributed by atoms with van der Waals surface area (Å²) in [7, 11) is 0. The van der Waals surface area contributed by atoms with E-state index in [4.69, 9.17) is 4.42 Å². The number of Topliss-reactive ketones (excluding diaryl/α,β-unsaturated/α-hetero) is 1. The van der Waals surface area contributed by atoms with Crippen molar-refractivity contribution < 1.29 is 9.21 Å². The molecule has 0 radical (unpaired) electrons. The molecule has 0 spiro atoms. The van der Waals surface area contributed by atoms with E-state index in [0.717, 1.165) is 24.1 Å². The first-order valence-corrected chi connectivity index (χ1v) is 8.98. The molecule has 2 aromatic rings. The van der Waals surface area contributed by atoms with Crippen LogP contribution >= 0.6 is 0 Å². The maximum atomic E-state index is 13.1. The summed E-state index contributed by atoms with van der Waals surface area (Å²) in [5, 5.41) is 0. The van der Waals surface area contributed by atoms with Gasteiger partial charge in [-0.1, -0.05) is 36.4 Å². The number of allylic oxidation sites excluding steroid dienone is 4. The third-order valence-electron chi connectivity index (χ3n) is 5.44. The molecular formula is C22H23NO2. The number of carbonyl (C=O) groups is 1. The molecule has 4 rings (SSSR count). The van der Waals surface area contributed by atoms with Crippen molar-refractivity contribution in [2.24, 2.45) is 0 Å². The lowest BCUT2D eigenvalue weighted by molar-refractivity contribution is -0.116. The van der Waals surface area contributed by atoms with E-state index in [2.05, 4.69) is 49.1 Å². The molecule has 1 aliphatic heterocycles. The molecule has 128 valence electrons. The minimum absolute atomic E-state index is 0.0146. The van der Waals surface area contributed by atoms with E-state index >= 15 is 0 Å². The van der Waals surface area contributed by atoms with Gasteiger partial charge in [0.25, 0.3) is 0 Å². The normalized spacial score (nSPS) is 23.5. The van der Waals surface area contributed by atoms with Gasteiger partial charge in [-0.15, -0.1) is 0 Å². The Hall–Kier alpha value is -2.55. The maximum Gasteiger partial charge on any atom is 0.162 e. The van der Waals surface area contributed by atoms with Gasteiger partial charge in [0, 0.05) is 41.4 Å². The smallest absolute Gasteiger partial charge is 0.162 e. The molecule has 1 aromatic carbocycles. The zero-order valence-electron chi connectivity index (χ0n) is 14.7. The highest BCUT2D eigenvalue weighted by Crippen LogP contribution is 2.45. The van der Waals surface area contributed by atoms with Crippen LogP contribution in [0.5, 0.6) is 0 Å². The molecule has 0 saturated carbocycles. The van der Waals surface area contributed by atoms with E-state index in [1.165, 1.54) is 17.0 Å². The number of ketones is 1. The van der Waals surface area contributed by atoms with E-state index in [1.54, 1.807) is 12.5 Å². The second-order valence-electron chi connectivity index (χ2n) is 6.89. The molecule has 3 nitrogen and oxygen atoms in total. The molecule has 0 amide bonds. The predicted octanol–water partition coefficient (Wildman–Crippen LogP) is 5.00. The third-order valence-corrected chi connectivity index (χ3v) is 5.44. The van der Waals surface area contributed by atoms with Gasteiger partial charge in [-0.05, 0) is 37.8 Å². The molecule has 2 unspecified atom stereocenters. The molecule has 2 aliphatic rings. The van der Waals surface area contributed by atoms with Gasteiger partial charge in [0.15, 0.2) is 5.78 Å². The lowest BCUT2D eigenvalue weighted by atomic mass is 9.74. The summed E-state index contributed by atoms with van der Waals surface area (Å²) in [4.78, 5) is 15.4. The van der Waals surface area contributed by atoms with Crippen molar-refractivity contribution in [2.45, 2.75) is 38.5 Å². The molecule has 0 bridgehead atoms. The fourth-order valence-electron chi connectivity index (χ4n) is 4.26. The molecule has 1 aliphatic carbocycles. The second kappa shape index (κ2) is 6.40. The molecule has 2 heterocycles. The Balaban J connectivity index is 1.78. The van der Waals surface area contributed by atoms with Crippen molar-refractivity contribution in [1.29, 1.82) is 0 Å². The Bertz CT molecular complexity index is 830. The number of hydrogen-bond acceptors (Lipinski definition) is 3. The highest BCUT2D eigenvalue weighted by molar-refractivity contribution is 5.99. The Morgan fingerprint density at radius 2 is 1.92 bits per heavy atom. The summed E-state index contributed by atoms with van der Waals surface area (Å²) in [6, 6.07) is 12.4. The predicted molar refractivity (Wildman–Crippen MR) is 98.0 cm³/mol. The van der Waals surface area contributed by atoms with Crippen LogP contribution in [0.1, 0.15) is 49.7 Å². The molecule has 3 heteroatoms. The third kappa shape index (κ3) is 2.74. The molecule has 0 N–H and O–H groups in total. The van der Waals surface area contributed by atoms with Crippen molar-refractivity contribution in [3.8, 4) is 0 Å². The summed E-state index contributed by atoms with van der Waals surface area (Å²) in [6.45, 7) is 5.17. The van der Waals surface area contributed by atoms with Crippen molar-refractivity contribution in [3.63, 3.8) is 0 Å². The van der Waals surface area contributed by atoms with Crippen molar-refractivity contribution >= 4 is 5.78 Å². The largest absolute Gasteiger partial charge is 0.472 e. The zero-order chi connectivity index (χ0) is 17.4. The van der Waals surface area contributed by atoms with Crippen LogP contribution < -0.4 is 0 Å². The molecule has 1 aromatic heterocycles. The van der Waals surface area contributed by atoms with Crippen LogP contribution in [-0.2, 0) is 4.79 Å². The van der Waals surface area contributed by atoms with Crippen LogP contribution in [0.15, 0.2) is 76.4 Å². The van der Waals surface area contributed by atoms with Crippen LogP contribution in [0.2, 0.25) is 0 Å². The van der Waals surface area contributed by atoms with Gasteiger partial charge in [-0.25, -0.2) is 0 Å². The summed E-state index contributed by atoms with van der Waals surface area (Å²) >= 11 is 0. The monoisotopic (exact) mass is 333 g/mol. The number of benzene rings is 1. The Kier molecular flexibility index (Phi) is 4.08. The van der Waals surface area contributed by atoms with Gasteiger partial charge >= 0.3 is 0 Å². The van der Waals surface area contributed by atoms with E-state index in [0.29, 0.717) is 6.42 Å². The average Bonchev–Trinajstić information content (AvgIpc) is 3.16. The second-order valence-corrected chi connectivity index (χ2v) is 6.89. The first kappa shape index (κ1) is 15.9. The van der Waals surface area contributed by atoms with Crippen LogP contribution in [0.3, 0.4) is 0 Å². The molecule has 25 heavy (non-hydrogen) atoms. The minimum atomic E-state index is 0.0146. The maximum absolute atomic E-state index is 13.1. The molecular weight excluding hydrogens is 310 g/mol. The summed E-state index contributed by atoms with van der Waals surface area (Å²) in [5.74, 6) is 0.543. The van der Waals surface area contributed by atoms with Gasteiger partial charge in [0.2, 0.25) is 0 Å². The van der Waals surface area contributed by atoms with E-state index in [-0.39, 0.29) is 17.6 Å². The van der Waals surface area contributed by atoms with Crippen LogP contribution in [0, 0.1) is 0 Å². The number of furan rings is 1. The minimum Gasteiger partial charge on any atom is -0.472 e. The van der Waals surface area contributed by atoms with Crippen LogP contribution in [0.25, 0.3) is 0 Å². The fourth-order valence-corrected chi connectivity index (χ4v) is 4.26. The quantitative estimate of drug-likeness (QED) is 0.792. The van der Waals surface area contributed by atoms with E-state index in [1.807, 2.05) is 12.1 Å². The topological polar surface area (TPSA) is 33.5 Å². The summed E-state index contributed by atoms with van der Waals surface area (Å²) in [6.07, 6.45) is 7.15. The van der Waals surface area contributed by atoms with Crippen molar-refractivity contribution in [3.05, 3.63) is 83.1 Å². The van der Waals surface area contributed by atoms with Gasteiger partial charge in [0.05, 0.1) is 12.5 Å². The van der Waals surface area contributed by atoms with Gasteiger partial charge in [-0.3, -0.25) is 4.79 Å². The Labute approximate surface area is 148 Å². The lowest BCUT2D eigenvalue weighted by Crippen LogP contribution is -2.34. The van der Waals surface area contributed by atoms with E-state index < -0.39 is 0 Å². The van der Waals surface area contributed by atoms with Crippen molar-refractivity contribution in [2.75, 3.05) is 6.54 Å².